The number of nitrogens with one attached hydrogen (secondary N) is 3. The Balaban J connectivity index is 0.898. The Morgan fingerprint density at radius 2 is 1.74 bits per heavy atom. The molecule has 6 heterocycles. The molecule has 5 fully saturated rings. The third kappa shape index (κ3) is 9.17. The lowest BCUT2D eigenvalue weighted by Crippen LogP contribution is -2.68. The second-order valence-corrected chi connectivity index (χ2v) is 24.5. The normalized spacial score (nSPS) is 29.1. The average Bonchev–Trinajstić information content (AvgIpc) is 3.70. The topological polar surface area (TPSA) is 205 Å². The number of piperidine rings is 1. The summed E-state index contributed by atoms with van der Waals surface area (Å²) in [4.78, 5) is 41.5. The van der Waals surface area contributed by atoms with Crippen molar-refractivity contribution < 1.29 is 37.5 Å². The first-order valence-electron chi connectivity index (χ1n) is 26.6. The summed E-state index contributed by atoms with van der Waals surface area (Å²) in [5, 5.41) is 26.8. The molecular formula is C56H70N8O9S. The highest BCUT2D eigenvalue weighted by atomic mass is 32.2. The van der Waals surface area contributed by atoms with Gasteiger partial charge in [0.25, 0.3) is 21.6 Å². The fourth-order valence-corrected chi connectivity index (χ4v) is 14.5. The second kappa shape index (κ2) is 19.4. The number of pyridine rings is 1. The van der Waals surface area contributed by atoms with Crippen molar-refractivity contribution in [1.82, 2.24) is 19.6 Å². The fourth-order valence-electron chi connectivity index (χ4n) is 13.5. The van der Waals surface area contributed by atoms with Crippen molar-refractivity contribution in [2.45, 2.75) is 133 Å². The number of rotatable bonds is 11. The van der Waals surface area contributed by atoms with E-state index in [1.54, 1.807) is 6.07 Å². The molecular weight excluding hydrogens is 961 g/mol. The lowest BCUT2D eigenvalue weighted by molar-refractivity contribution is -0.384. The zero-order valence-corrected chi connectivity index (χ0v) is 44.0. The van der Waals surface area contributed by atoms with Crippen molar-refractivity contribution in [3.05, 3.63) is 106 Å². The van der Waals surface area contributed by atoms with Gasteiger partial charge in [0.05, 0.1) is 52.0 Å². The van der Waals surface area contributed by atoms with E-state index in [1.807, 2.05) is 37.4 Å². The van der Waals surface area contributed by atoms with E-state index in [4.69, 9.17) is 19.2 Å². The number of ether oxygens (including phenoxy) is 3. The maximum atomic E-state index is 14.8. The first-order chi connectivity index (χ1) is 35.4. The standard InChI is InChI=1S/C56H70N8O9S/c1-35-9-6-7-10-41(35)48-33-71-25-8-23-62(48)50-31-56(54(50,3)4)21-24-61(36(2)30-56)39-11-13-42(45(28-39)63-44-18-26-72-34-49(44)73-53-47(63)27-38-17-22-57-51(38)59-53)52(65)60-74(69,70)40-12-14-43(46(29-40)64(67)68)58-32-37-15-19-55(5,66)20-16-37/h6-7,9-14,17,22,27-29,36-37,44,48-50,58,66H,8,15-16,18-21,23-26,30-34H2,1-5H3,(H,57,59)(H,60,65)/t36-,37-,44+,48+,49+,50-,55-,56+/m1/s1. The number of aryl methyl sites for hydroxylation is 1. The van der Waals surface area contributed by atoms with Crippen LogP contribution in [0.2, 0.25) is 0 Å². The number of hydrogen-bond donors (Lipinski definition) is 4. The van der Waals surface area contributed by atoms with E-state index in [1.165, 1.54) is 23.3 Å². The fraction of sp³-hybridized carbons (Fsp3) is 0.536. The number of aromatic amines is 1. The maximum absolute atomic E-state index is 14.8. The summed E-state index contributed by atoms with van der Waals surface area (Å²) in [6, 6.07) is 22.3. The smallest absolute Gasteiger partial charge is 0.293 e. The summed E-state index contributed by atoms with van der Waals surface area (Å²) in [6.45, 7) is 15.7. The summed E-state index contributed by atoms with van der Waals surface area (Å²) in [7, 11) is -4.64. The van der Waals surface area contributed by atoms with Gasteiger partial charge < -0.3 is 39.4 Å². The number of benzene rings is 3. The van der Waals surface area contributed by atoms with E-state index in [-0.39, 0.29) is 46.1 Å². The minimum atomic E-state index is -4.64. The van der Waals surface area contributed by atoms with Gasteiger partial charge in [0.1, 0.15) is 23.1 Å². The molecule has 1 spiro atoms. The van der Waals surface area contributed by atoms with E-state index in [0.717, 1.165) is 75.4 Å². The van der Waals surface area contributed by atoms with Gasteiger partial charge in [-0.05, 0) is 149 Å². The summed E-state index contributed by atoms with van der Waals surface area (Å²) in [6.07, 6.45) is 8.79. The maximum Gasteiger partial charge on any atom is 0.293 e. The number of amides is 1. The minimum Gasteiger partial charge on any atom is -0.468 e. The molecule has 74 heavy (non-hydrogen) atoms. The van der Waals surface area contributed by atoms with Crippen LogP contribution in [0.4, 0.5) is 28.4 Å². The third-order valence-electron chi connectivity index (χ3n) is 18.1. The van der Waals surface area contributed by atoms with Gasteiger partial charge in [-0.3, -0.25) is 19.8 Å². The number of aliphatic hydroxyl groups is 1. The predicted molar refractivity (Wildman–Crippen MR) is 284 cm³/mol. The van der Waals surface area contributed by atoms with E-state index in [2.05, 4.69) is 81.7 Å². The van der Waals surface area contributed by atoms with Crippen LogP contribution in [0.15, 0.2) is 83.9 Å². The number of carbonyl (C=O) groups excluding carboxylic acids is 1. The van der Waals surface area contributed by atoms with Gasteiger partial charge in [-0.1, -0.05) is 38.1 Å². The molecule has 4 N–H and O–H groups in total. The largest absolute Gasteiger partial charge is 0.468 e. The molecule has 0 radical (unpaired) electrons. The van der Waals surface area contributed by atoms with Crippen LogP contribution in [-0.4, -0.2) is 115 Å². The molecule has 0 bridgehead atoms. The van der Waals surface area contributed by atoms with Crippen LogP contribution >= 0.6 is 0 Å². The van der Waals surface area contributed by atoms with Gasteiger partial charge in [-0.15, -0.1) is 0 Å². The molecule has 394 valence electrons. The Morgan fingerprint density at radius 3 is 2.51 bits per heavy atom. The molecule has 6 aliphatic rings. The van der Waals surface area contributed by atoms with Crippen LogP contribution in [0.5, 0.6) is 5.88 Å². The monoisotopic (exact) mass is 1030 g/mol. The van der Waals surface area contributed by atoms with Gasteiger partial charge in [0.2, 0.25) is 5.88 Å². The number of nitro groups is 1. The Hall–Kier alpha value is -5.79. The molecule has 17 nitrogen and oxygen atoms in total. The van der Waals surface area contributed by atoms with E-state index in [0.29, 0.717) is 74.6 Å². The highest BCUT2D eigenvalue weighted by Gasteiger charge is 2.63. The molecule has 1 amide bonds. The van der Waals surface area contributed by atoms with Gasteiger partial charge >= 0.3 is 0 Å². The molecule has 0 unspecified atom stereocenters. The minimum absolute atomic E-state index is 0.0274. The lowest BCUT2D eigenvalue weighted by Gasteiger charge is -2.68. The number of H-pyrrole nitrogens is 1. The van der Waals surface area contributed by atoms with Crippen molar-refractivity contribution in [3.63, 3.8) is 0 Å². The predicted octanol–water partition coefficient (Wildman–Crippen LogP) is 9.18. The molecule has 18 heteroatoms. The van der Waals surface area contributed by atoms with Gasteiger partial charge in [0, 0.05) is 68.3 Å². The molecule has 6 atom stereocenters. The number of aromatic nitrogens is 2. The van der Waals surface area contributed by atoms with Crippen molar-refractivity contribution in [1.29, 1.82) is 0 Å². The third-order valence-corrected chi connectivity index (χ3v) is 19.4. The van der Waals surface area contributed by atoms with Crippen molar-refractivity contribution in [3.8, 4) is 5.88 Å². The molecule has 2 aliphatic carbocycles. The number of carbonyl (C=O) groups is 1. The van der Waals surface area contributed by atoms with Crippen LogP contribution < -0.4 is 24.6 Å². The number of anilines is 4. The second-order valence-electron chi connectivity index (χ2n) is 22.8. The van der Waals surface area contributed by atoms with E-state index in [9.17, 15) is 28.4 Å². The number of nitrogens with zero attached hydrogens (tertiary/aromatic N) is 5. The highest BCUT2D eigenvalue weighted by Crippen LogP contribution is 2.65. The van der Waals surface area contributed by atoms with Crippen LogP contribution in [0.3, 0.4) is 0 Å². The van der Waals surface area contributed by atoms with E-state index >= 15 is 0 Å². The molecule has 3 saturated heterocycles. The molecule has 3 aromatic carbocycles. The zero-order valence-electron chi connectivity index (χ0n) is 43.1. The summed E-state index contributed by atoms with van der Waals surface area (Å²) >= 11 is 0. The Morgan fingerprint density at radius 1 is 0.946 bits per heavy atom. The van der Waals surface area contributed by atoms with Crippen molar-refractivity contribution >= 4 is 55.4 Å². The average molecular weight is 1030 g/mol. The Kier molecular flexibility index (Phi) is 13.2. The molecule has 2 aromatic heterocycles. The number of hydrogen-bond acceptors (Lipinski definition) is 14. The van der Waals surface area contributed by atoms with Gasteiger partial charge in [0.15, 0.2) is 0 Å². The van der Waals surface area contributed by atoms with Crippen LogP contribution in [0.1, 0.15) is 113 Å². The van der Waals surface area contributed by atoms with Crippen molar-refractivity contribution in [2.75, 3.05) is 61.2 Å². The zero-order chi connectivity index (χ0) is 51.7. The van der Waals surface area contributed by atoms with E-state index < -0.39 is 43.1 Å². The summed E-state index contributed by atoms with van der Waals surface area (Å²) in [5.41, 5.74) is 4.60. The Labute approximate surface area is 433 Å². The first kappa shape index (κ1) is 50.4. The van der Waals surface area contributed by atoms with Gasteiger partial charge in [-0.25, -0.2) is 13.1 Å². The molecule has 4 aliphatic heterocycles. The number of sulfonamides is 1. The van der Waals surface area contributed by atoms with Crippen LogP contribution in [0, 0.1) is 33.8 Å². The SMILES string of the molecule is Cc1ccccc1[C@@H]1COCCCN1[C@@H]1C[C@@]2(CCN(c3ccc(C(=O)NS(=O)(=O)c4ccc(NC[C@H]5CC[C@](C)(O)CC5)c([N+](=O)[O-])c4)c(N4c5cc6cc[nH]c6nc5O[C@H]5COCC[C@@H]54)c3)[C@H](C)C2)C1(C)C. The van der Waals surface area contributed by atoms with Crippen LogP contribution in [0.25, 0.3) is 11.0 Å². The quantitative estimate of drug-likeness (QED) is 0.0720. The summed E-state index contributed by atoms with van der Waals surface area (Å²) in [5.74, 6) is -0.324. The molecule has 5 aromatic rings. The highest BCUT2D eigenvalue weighted by molar-refractivity contribution is 7.90. The number of nitro benzene ring substituents is 1. The summed E-state index contributed by atoms with van der Waals surface area (Å²) < 4.78 is 49.5. The lowest BCUT2D eigenvalue weighted by atomic mass is 9.43. The number of fused-ring (bicyclic) bond motifs is 3. The first-order valence-corrected chi connectivity index (χ1v) is 28.0. The van der Waals surface area contributed by atoms with Gasteiger partial charge in [-0.2, -0.15) is 4.98 Å². The molecule has 2 saturated carbocycles. The molecule has 11 rings (SSSR count). The Bertz CT molecular complexity index is 3060. The van der Waals surface area contributed by atoms with Crippen molar-refractivity contribution in [2.24, 2.45) is 16.7 Å². The van der Waals surface area contributed by atoms with Crippen LogP contribution in [-0.2, 0) is 19.5 Å².